The number of amides is 1. The number of carbonyl (C=O) groups is 1. The van der Waals surface area contributed by atoms with Gasteiger partial charge < -0.3 is 24.2 Å². The van der Waals surface area contributed by atoms with Crippen molar-refractivity contribution in [1.82, 2.24) is 14.9 Å². The van der Waals surface area contributed by atoms with Crippen LogP contribution in [0.5, 0.6) is 11.5 Å². The molecular formula is C21H29N5O3. The molecule has 0 spiro atoms. The van der Waals surface area contributed by atoms with Crippen LogP contribution in [0, 0.1) is 0 Å². The first-order valence-electron chi connectivity index (χ1n) is 9.71. The molecule has 1 fully saturated rings. The van der Waals surface area contributed by atoms with Gasteiger partial charge in [0.1, 0.15) is 17.7 Å². The van der Waals surface area contributed by atoms with Gasteiger partial charge in [-0.2, -0.15) is 0 Å². The molecule has 156 valence electrons. The molecule has 0 bridgehead atoms. The molecule has 2 heterocycles. The van der Waals surface area contributed by atoms with Crippen molar-refractivity contribution in [2.75, 3.05) is 50.1 Å². The molecule has 0 radical (unpaired) electrons. The predicted molar refractivity (Wildman–Crippen MR) is 113 cm³/mol. The zero-order valence-electron chi connectivity index (χ0n) is 17.8. The third-order valence-corrected chi connectivity index (χ3v) is 4.44. The molecule has 1 aromatic carbocycles. The third-order valence-electron chi connectivity index (χ3n) is 4.44. The summed E-state index contributed by atoms with van der Waals surface area (Å²) in [6, 6.07) is 7.92. The van der Waals surface area contributed by atoms with Crippen molar-refractivity contribution in [3.05, 3.63) is 36.8 Å². The minimum absolute atomic E-state index is 0.248. The summed E-state index contributed by atoms with van der Waals surface area (Å²) in [6.45, 7) is 8.45. The van der Waals surface area contributed by atoms with E-state index in [2.05, 4.69) is 14.9 Å². The number of carbonyl (C=O) groups excluding carboxylic acids is 1. The minimum atomic E-state index is -0.472. The number of ether oxygens (including phenoxy) is 2. The fourth-order valence-corrected chi connectivity index (χ4v) is 3.04. The number of piperazine rings is 1. The Hall–Kier alpha value is -3.03. The van der Waals surface area contributed by atoms with E-state index >= 15 is 0 Å². The summed E-state index contributed by atoms with van der Waals surface area (Å²) in [7, 11) is 3.82. The fraction of sp³-hybridized carbons (Fsp3) is 0.476. The molecule has 1 aliphatic heterocycles. The first-order chi connectivity index (χ1) is 13.7. The Morgan fingerprint density at radius 3 is 2.31 bits per heavy atom. The maximum absolute atomic E-state index is 12.2. The smallest absolute Gasteiger partial charge is 0.410 e. The highest BCUT2D eigenvalue weighted by atomic mass is 16.6. The van der Waals surface area contributed by atoms with Gasteiger partial charge in [-0.1, -0.05) is 0 Å². The molecule has 29 heavy (non-hydrogen) atoms. The van der Waals surface area contributed by atoms with E-state index in [9.17, 15) is 4.79 Å². The molecule has 0 atom stereocenters. The quantitative estimate of drug-likeness (QED) is 0.780. The standard InChI is InChI=1S/C21H29N5O3/c1-21(2,3)29-20(27)26-12-10-25(11-13-26)16-6-8-17(9-7-16)28-18-14-22-15-23-19(18)24(4)5/h6-9,14-15H,10-13H2,1-5H3. The molecule has 2 aromatic rings. The molecule has 1 aromatic heterocycles. The zero-order chi connectivity index (χ0) is 21.0. The zero-order valence-corrected chi connectivity index (χ0v) is 17.8. The Kier molecular flexibility index (Phi) is 6.10. The maximum Gasteiger partial charge on any atom is 0.410 e. The molecule has 8 heteroatoms. The Morgan fingerprint density at radius 2 is 1.72 bits per heavy atom. The number of hydrogen-bond acceptors (Lipinski definition) is 7. The summed E-state index contributed by atoms with van der Waals surface area (Å²) in [4.78, 5) is 26.4. The number of hydrogen-bond donors (Lipinski definition) is 0. The van der Waals surface area contributed by atoms with Gasteiger partial charge >= 0.3 is 6.09 Å². The molecule has 1 saturated heterocycles. The minimum Gasteiger partial charge on any atom is -0.452 e. The molecule has 3 rings (SSSR count). The van der Waals surface area contributed by atoms with Crippen LogP contribution in [-0.4, -0.2) is 66.8 Å². The van der Waals surface area contributed by atoms with Crippen LogP contribution in [-0.2, 0) is 4.74 Å². The highest BCUT2D eigenvalue weighted by molar-refractivity contribution is 5.68. The largest absolute Gasteiger partial charge is 0.452 e. The van der Waals surface area contributed by atoms with Crippen molar-refractivity contribution < 1.29 is 14.3 Å². The van der Waals surface area contributed by atoms with E-state index in [1.54, 1.807) is 11.1 Å². The lowest BCUT2D eigenvalue weighted by molar-refractivity contribution is 0.0240. The second kappa shape index (κ2) is 8.55. The van der Waals surface area contributed by atoms with Gasteiger partial charge in [-0.15, -0.1) is 0 Å². The van der Waals surface area contributed by atoms with Gasteiger partial charge in [-0.3, -0.25) is 0 Å². The molecule has 8 nitrogen and oxygen atoms in total. The molecule has 0 unspecified atom stereocenters. The molecule has 0 saturated carbocycles. The van der Waals surface area contributed by atoms with Gasteiger partial charge in [0.05, 0.1) is 6.20 Å². The Bertz CT molecular complexity index is 825. The van der Waals surface area contributed by atoms with Crippen molar-refractivity contribution in [3.63, 3.8) is 0 Å². The molecule has 1 aliphatic rings. The first kappa shape index (κ1) is 20.7. The first-order valence-corrected chi connectivity index (χ1v) is 9.71. The summed E-state index contributed by atoms with van der Waals surface area (Å²) >= 11 is 0. The summed E-state index contributed by atoms with van der Waals surface area (Å²) in [5, 5.41) is 0. The van der Waals surface area contributed by atoms with Crippen molar-refractivity contribution >= 4 is 17.6 Å². The molecule has 1 amide bonds. The SMILES string of the molecule is CN(C)c1ncncc1Oc1ccc(N2CCN(C(=O)OC(C)(C)C)CC2)cc1. The van der Waals surface area contributed by atoms with Crippen LogP contribution in [0.1, 0.15) is 20.8 Å². The number of benzene rings is 1. The lowest BCUT2D eigenvalue weighted by Crippen LogP contribution is -2.50. The highest BCUT2D eigenvalue weighted by Crippen LogP contribution is 2.29. The van der Waals surface area contributed by atoms with E-state index in [1.807, 2.05) is 64.0 Å². The Morgan fingerprint density at radius 1 is 1.07 bits per heavy atom. The van der Waals surface area contributed by atoms with Crippen LogP contribution in [0.25, 0.3) is 0 Å². The van der Waals surface area contributed by atoms with Crippen molar-refractivity contribution in [1.29, 1.82) is 0 Å². The summed E-state index contributed by atoms with van der Waals surface area (Å²) < 4.78 is 11.4. The van der Waals surface area contributed by atoms with Gasteiger partial charge in [-0.05, 0) is 45.0 Å². The molecule has 0 aliphatic carbocycles. The number of aromatic nitrogens is 2. The van der Waals surface area contributed by atoms with Crippen LogP contribution in [0.2, 0.25) is 0 Å². The second-order valence-corrected chi connectivity index (χ2v) is 8.16. The van der Waals surface area contributed by atoms with Gasteiger partial charge in [-0.25, -0.2) is 14.8 Å². The monoisotopic (exact) mass is 399 g/mol. The summed E-state index contributed by atoms with van der Waals surface area (Å²) in [5.41, 5.74) is 0.624. The second-order valence-electron chi connectivity index (χ2n) is 8.16. The summed E-state index contributed by atoms with van der Waals surface area (Å²) in [5.74, 6) is 2.05. The van der Waals surface area contributed by atoms with Gasteiger partial charge in [0.25, 0.3) is 0 Å². The Balaban J connectivity index is 1.58. The third kappa shape index (κ3) is 5.49. The van der Waals surface area contributed by atoms with E-state index in [-0.39, 0.29) is 6.09 Å². The highest BCUT2D eigenvalue weighted by Gasteiger charge is 2.26. The van der Waals surface area contributed by atoms with Crippen LogP contribution < -0.4 is 14.5 Å². The van der Waals surface area contributed by atoms with Gasteiger partial charge in [0.15, 0.2) is 11.6 Å². The predicted octanol–water partition coefficient (Wildman–Crippen LogP) is 3.39. The van der Waals surface area contributed by atoms with Crippen LogP contribution in [0.4, 0.5) is 16.3 Å². The van der Waals surface area contributed by atoms with Crippen molar-refractivity contribution in [2.45, 2.75) is 26.4 Å². The van der Waals surface area contributed by atoms with E-state index in [1.165, 1.54) is 6.33 Å². The fourth-order valence-electron chi connectivity index (χ4n) is 3.04. The molecule has 0 N–H and O–H groups in total. The molecular weight excluding hydrogens is 370 g/mol. The van der Waals surface area contributed by atoms with E-state index in [4.69, 9.17) is 9.47 Å². The topological polar surface area (TPSA) is 71.0 Å². The van der Waals surface area contributed by atoms with Crippen LogP contribution in [0.3, 0.4) is 0 Å². The van der Waals surface area contributed by atoms with Crippen molar-refractivity contribution in [2.24, 2.45) is 0 Å². The lowest BCUT2D eigenvalue weighted by atomic mass is 10.2. The average molecular weight is 399 g/mol. The normalized spacial score (nSPS) is 14.5. The number of rotatable bonds is 4. The Labute approximate surface area is 172 Å². The number of anilines is 2. The van der Waals surface area contributed by atoms with E-state index in [0.29, 0.717) is 18.8 Å². The lowest BCUT2D eigenvalue weighted by Gasteiger charge is -2.36. The maximum atomic E-state index is 12.2. The average Bonchev–Trinajstić information content (AvgIpc) is 2.68. The van der Waals surface area contributed by atoms with Crippen LogP contribution >= 0.6 is 0 Å². The summed E-state index contributed by atoms with van der Waals surface area (Å²) in [6.07, 6.45) is 2.91. The number of nitrogens with zero attached hydrogens (tertiary/aromatic N) is 5. The van der Waals surface area contributed by atoms with E-state index < -0.39 is 5.60 Å². The van der Waals surface area contributed by atoms with Crippen LogP contribution in [0.15, 0.2) is 36.8 Å². The van der Waals surface area contributed by atoms with Gasteiger partial charge in [0.2, 0.25) is 0 Å². The van der Waals surface area contributed by atoms with Crippen molar-refractivity contribution in [3.8, 4) is 11.5 Å². The van der Waals surface area contributed by atoms with Gasteiger partial charge in [0, 0.05) is 46.0 Å². The van der Waals surface area contributed by atoms with E-state index in [0.717, 1.165) is 30.3 Å².